The SMILES string of the molecule is CCCc1cc(OCc2ccc(F)cc2F)c(-c2ccc(C)n2-c2cc(C(=O)O)ccc2F)cc1C(F)(F)F. The molecule has 0 atom stereocenters. The van der Waals surface area contributed by atoms with Gasteiger partial charge in [0.1, 0.15) is 29.8 Å². The Bertz CT molecular complexity index is 1540. The zero-order chi connectivity index (χ0) is 28.5. The van der Waals surface area contributed by atoms with Crippen LogP contribution in [-0.2, 0) is 19.2 Å². The summed E-state index contributed by atoms with van der Waals surface area (Å²) in [6, 6.07) is 11.1. The number of carboxylic acid groups (broad SMARTS) is 1. The van der Waals surface area contributed by atoms with E-state index in [2.05, 4.69) is 0 Å². The van der Waals surface area contributed by atoms with Gasteiger partial charge in [0.05, 0.1) is 22.5 Å². The Morgan fingerprint density at radius 3 is 2.31 bits per heavy atom. The van der Waals surface area contributed by atoms with E-state index in [-0.39, 0.29) is 45.8 Å². The minimum absolute atomic E-state index is 0.0222. The fourth-order valence-electron chi connectivity index (χ4n) is 4.36. The van der Waals surface area contributed by atoms with Crippen molar-refractivity contribution in [1.29, 1.82) is 0 Å². The van der Waals surface area contributed by atoms with Gasteiger partial charge < -0.3 is 14.4 Å². The van der Waals surface area contributed by atoms with Crippen LogP contribution in [0.1, 0.15) is 46.1 Å². The summed E-state index contributed by atoms with van der Waals surface area (Å²) in [6.45, 7) is 2.88. The topological polar surface area (TPSA) is 51.5 Å². The van der Waals surface area contributed by atoms with Gasteiger partial charge in [0.2, 0.25) is 0 Å². The summed E-state index contributed by atoms with van der Waals surface area (Å²) in [5.41, 5.74) is -0.951. The van der Waals surface area contributed by atoms with Crippen molar-refractivity contribution < 1.29 is 41.0 Å². The molecule has 1 N–H and O–H groups in total. The van der Waals surface area contributed by atoms with Crippen LogP contribution in [0.5, 0.6) is 5.75 Å². The number of aromatic nitrogens is 1. The third-order valence-corrected chi connectivity index (χ3v) is 6.21. The second-order valence-corrected chi connectivity index (χ2v) is 8.94. The number of carboxylic acids is 1. The lowest BCUT2D eigenvalue weighted by Crippen LogP contribution is -2.12. The van der Waals surface area contributed by atoms with Crippen LogP contribution in [0.15, 0.2) is 60.7 Å². The summed E-state index contributed by atoms with van der Waals surface area (Å²) >= 11 is 0. The lowest BCUT2D eigenvalue weighted by atomic mass is 9.97. The van der Waals surface area contributed by atoms with Crippen LogP contribution in [0.2, 0.25) is 0 Å². The number of hydrogen-bond acceptors (Lipinski definition) is 2. The predicted molar refractivity (Wildman–Crippen MR) is 133 cm³/mol. The van der Waals surface area contributed by atoms with Crippen LogP contribution < -0.4 is 4.74 Å². The van der Waals surface area contributed by atoms with Crippen LogP contribution in [-0.4, -0.2) is 15.6 Å². The Morgan fingerprint density at radius 2 is 1.67 bits per heavy atom. The van der Waals surface area contributed by atoms with Crippen LogP contribution in [0.3, 0.4) is 0 Å². The molecule has 3 aromatic carbocycles. The van der Waals surface area contributed by atoms with Crippen LogP contribution >= 0.6 is 0 Å². The van der Waals surface area contributed by atoms with Crippen molar-refractivity contribution in [2.24, 2.45) is 0 Å². The second-order valence-electron chi connectivity index (χ2n) is 8.94. The lowest BCUT2D eigenvalue weighted by Gasteiger charge is -2.21. The molecule has 0 aliphatic carbocycles. The molecule has 10 heteroatoms. The number of aryl methyl sites for hydroxylation is 2. The summed E-state index contributed by atoms with van der Waals surface area (Å²) in [5.74, 6) is -3.82. The third-order valence-electron chi connectivity index (χ3n) is 6.21. The molecule has 0 aliphatic rings. The average Bonchev–Trinajstić information content (AvgIpc) is 3.24. The Labute approximate surface area is 220 Å². The van der Waals surface area contributed by atoms with Gasteiger partial charge in [-0.1, -0.05) is 13.3 Å². The Kier molecular flexibility index (Phi) is 7.76. The number of alkyl halides is 3. The number of benzene rings is 3. The summed E-state index contributed by atoms with van der Waals surface area (Å²) in [4.78, 5) is 11.5. The molecule has 0 radical (unpaired) electrons. The Morgan fingerprint density at radius 1 is 0.923 bits per heavy atom. The highest BCUT2D eigenvalue weighted by Gasteiger charge is 2.35. The summed E-state index contributed by atoms with van der Waals surface area (Å²) < 4.78 is 92.0. The largest absolute Gasteiger partial charge is 0.488 e. The predicted octanol–water partition coefficient (Wildman–Crippen LogP) is 8.12. The first-order valence-corrected chi connectivity index (χ1v) is 11.9. The van der Waals surface area contributed by atoms with Crippen molar-refractivity contribution in [2.75, 3.05) is 0 Å². The average molecular weight is 547 g/mol. The fourth-order valence-corrected chi connectivity index (χ4v) is 4.36. The zero-order valence-electron chi connectivity index (χ0n) is 20.9. The summed E-state index contributed by atoms with van der Waals surface area (Å²) in [5, 5.41) is 9.39. The van der Waals surface area contributed by atoms with Crippen LogP contribution in [0.4, 0.5) is 26.3 Å². The van der Waals surface area contributed by atoms with Crippen LogP contribution in [0, 0.1) is 24.4 Å². The molecule has 4 aromatic rings. The van der Waals surface area contributed by atoms with E-state index >= 15 is 0 Å². The Hall–Kier alpha value is -4.21. The summed E-state index contributed by atoms with van der Waals surface area (Å²) in [6.07, 6.45) is -4.25. The molecule has 4 rings (SSSR count). The molecule has 0 spiro atoms. The lowest BCUT2D eigenvalue weighted by molar-refractivity contribution is -0.138. The molecule has 39 heavy (non-hydrogen) atoms. The van der Waals surface area contributed by atoms with Crippen molar-refractivity contribution in [1.82, 2.24) is 4.57 Å². The molecule has 0 saturated carbocycles. The number of aromatic carboxylic acids is 1. The van der Waals surface area contributed by atoms with Gasteiger partial charge in [0.15, 0.2) is 0 Å². The molecule has 1 aromatic heterocycles. The number of nitrogens with zero attached hydrogens (tertiary/aromatic N) is 1. The monoisotopic (exact) mass is 547 g/mol. The first kappa shape index (κ1) is 27.8. The second kappa shape index (κ2) is 10.9. The molecular weight excluding hydrogens is 524 g/mol. The molecule has 0 amide bonds. The standard InChI is InChI=1S/C29H23F6NO3/c1-3-4-17-12-27(39-15-19-6-8-20(30)13-24(19)32)21(14-22(17)29(33,34)35)25-10-5-16(2)36(25)26-11-18(28(37)38)7-9-23(26)31/h5-14H,3-4,15H2,1-2H3,(H,37,38). The van der Waals surface area contributed by atoms with Gasteiger partial charge in [-0.3, -0.25) is 0 Å². The van der Waals surface area contributed by atoms with E-state index in [9.17, 15) is 36.2 Å². The van der Waals surface area contributed by atoms with Crippen molar-refractivity contribution in [3.8, 4) is 22.7 Å². The number of carbonyl (C=O) groups is 1. The molecule has 0 aliphatic heterocycles. The van der Waals surface area contributed by atoms with Crippen molar-refractivity contribution in [3.05, 3.63) is 106 Å². The molecule has 4 nitrogen and oxygen atoms in total. The normalized spacial score (nSPS) is 11.6. The van der Waals surface area contributed by atoms with E-state index in [4.69, 9.17) is 4.74 Å². The highest BCUT2D eigenvalue weighted by atomic mass is 19.4. The van der Waals surface area contributed by atoms with E-state index in [1.165, 1.54) is 22.8 Å². The number of ether oxygens (including phenoxy) is 1. The number of hydrogen-bond donors (Lipinski definition) is 1. The van der Waals surface area contributed by atoms with Crippen molar-refractivity contribution in [2.45, 2.75) is 39.5 Å². The molecule has 0 bridgehead atoms. The number of rotatable bonds is 8. The highest BCUT2D eigenvalue weighted by Crippen LogP contribution is 2.42. The maximum atomic E-state index is 15.0. The smallest absolute Gasteiger partial charge is 0.416 e. The van der Waals surface area contributed by atoms with Crippen LogP contribution in [0.25, 0.3) is 16.9 Å². The molecule has 1 heterocycles. The maximum Gasteiger partial charge on any atom is 0.416 e. The van der Waals surface area contributed by atoms with E-state index in [1.807, 2.05) is 0 Å². The fraction of sp³-hybridized carbons (Fsp3) is 0.207. The van der Waals surface area contributed by atoms with E-state index < -0.39 is 41.8 Å². The van der Waals surface area contributed by atoms with E-state index in [0.29, 0.717) is 18.2 Å². The maximum absolute atomic E-state index is 15.0. The summed E-state index contributed by atoms with van der Waals surface area (Å²) in [7, 11) is 0. The zero-order valence-corrected chi connectivity index (χ0v) is 20.9. The first-order chi connectivity index (χ1) is 18.4. The molecular formula is C29H23F6NO3. The molecule has 204 valence electrons. The first-order valence-electron chi connectivity index (χ1n) is 11.9. The van der Waals surface area contributed by atoms with Gasteiger partial charge >= 0.3 is 12.1 Å². The van der Waals surface area contributed by atoms with Gasteiger partial charge in [-0.2, -0.15) is 13.2 Å². The van der Waals surface area contributed by atoms with Gasteiger partial charge in [0, 0.05) is 22.9 Å². The van der Waals surface area contributed by atoms with Gasteiger partial charge in [-0.05, 0) is 73.5 Å². The van der Waals surface area contributed by atoms with Crippen molar-refractivity contribution in [3.63, 3.8) is 0 Å². The van der Waals surface area contributed by atoms with Crippen molar-refractivity contribution >= 4 is 5.97 Å². The highest BCUT2D eigenvalue weighted by molar-refractivity contribution is 5.88. The molecule has 0 saturated heterocycles. The van der Waals surface area contributed by atoms with Gasteiger partial charge in [-0.25, -0.2) is 18.0 Å². The number of halogens is 6. The third kappa shape index (κ3) is 5.79. The molecule has 0 fully saturated rings. The van der Waals surface area contributed by atoms with E-state index in [1.54, 1.807) is 19.9 Å². The van der Waals surface area contributed by atoms with E-state index in [0.717, 1.165) is 30.3 Å². The quantitative estimate of drug-likeness (QED) is 0.227. The Balaban J connectivity index is 1.94. The van der Waals surface area contributed by atoms with Gasteiger partial charge in [-0.15, -0.1) is 0 Å². The van der Waals surface area contributed by atoms with Gasteiger partial charge in [0.25, 0.3) is 0 Å². The molecule has 0 unspecified atom stereocenters. The minimum atomic E-state index is -4.72. The minimum Gasteiger partial charge on any atom is -0.488 e.